The lowest BCUT2D eigenvalue weighted by Gasteiger charge is -2.10. The Balaban J connectivity index is 1.38. The molecule has 0 spiro atoms. The number of benzene rings is 6. The number of aryl methyl sites for hydroxylation is 1. The molecule has 0 bridgehead atoms. The van der Waals surface area contributed by atoms with Crippen LogP contribution in [0.3, 0.4) is 0 Å². The molecule has 3 heteroatoms. The summed E-state index contributed by atoms with van der Waals surface area (Å²) in [5.41, 5.74) is 9.41. The van der Waals surface area contributed by atoms with Crippen LogP contribution in [0.2, 0.25) is 0 Å². The number of alkyl halides is 1. The second-order valence-corrected chi connectivity index (χ2v) is 16.8. The molecule has 0 N–H and O–H groups in total. The fraction of sp³-hybridized carbons (Fsp3) is 0.208. The molecule has 0 aliphatic heterocycles. The van der Waals surface area contributed by atoms with Gasteiger partial charge in [0.1, 0.15) is 11.2 Å². The molecular formula is C48H43IOS. The summed E-state index contributed by atoms with van der Waals surface area (Å²) in [5.74, 6) is 0. The van der Waals surface area contributed by atoms with Gasteiger partial charge in [0, 0.05) is 45.6 Å². The molecule has 1 atom stereocenters. The van der Waals surface area contributed by atoms with Crippen LogP contribution in [-0.4, -0.2) is 0 Å². The monoisotopic (exact) mass is 794 g/mol. The lowest BCUT2D eigenvalue weighted by Crippen LogP contribution is -1.87. The maximum Gasteiger partial charge on any atom is 0.143 e. The van der Waals surface area contributed by atoms with Gasteiger partial charge in [0.05, 0.1) is 0 Å². The molecule has 0 amide bonds. The van der Waals surface area contributed by atoms with Crippen LogP contribution in [0.5, 0.6) is 0 Å². The molecule has 1 unspecified atom stereocenters. The average molecular weight is 795 g/mol. The SMILES string of the molecule is CCCCCCCCc1ccc2c(c1)sc1c2cc(/C=C/c2ccccc2)c2c3oc4cc(C(C)I)ccc4c3cc(/C=C/c3ccccc3)c12. The van der Waals surface area contributed by atoms with Crippen molar-refractivity contribution in [2.24, 2.45) is 0 Å². The molecule has 0 aliphatic carbocycles. The maximum absolute atomic E-state index is 6.93. The van der Waals surface area contributed by atoms with E-state index >= 15 is 0 Å². The van der Waals surface area contributed by atoms with Crippen molar-refractivity contribution < 1.29 is 4.42 Å². The Morgan fingerprint density at radius 3 is 1.98 bits per heavy atom. The first kappa shape index (κ1) is 33.9. The number of halogens is 1. The van der Waals surface area contributed by atoms with Gasteiger partial charge in [0.25, 0.3) is 0 Å². The van der Waals surface area contributed by atoms with Crippen molar-refractivity contribution in [3.63, 3.8) is 0 Å². The zero-order chi connectivity index (χ0) is 34.7. The van der Waals surface area contributed by atoms with E-state index in [0.29, 0.717) is 3.92 Å². The van der Waals surface area contributed by atoms with Gasteiger partial charge in [-0.25, -0.2) is 0 Å². The van der Waals surface area contributed by atoms with E-state index in [1.54, 1.807) is 0 Å². The van der Waals surface area contributed by atoms with Crippen molar-refractivity contribution in [3.05, 3.63) is 143 Å². The van der Waals surface area contributed by atoms with E-state index in [0.717, 1.165) is 28.4 Å². The number of furan rings is 1. The highest BCUT2D eigenvalue weighted by Gasteiger charge is 2.21. The molecule has 8 rings (SSSR count). The van der Waals surface area contributed by atoms with Gasteiger partial charge < -0.3 is 4.42 Å². The fourth-order valence-electron chi connectivity index (χ4n) is 7.46. The summed E-state index contributed by atoms with van der Waals surface area (Å²) in [6.07, 6.45) is 18.2. The van der Waals surface area contributed by atoms with Crippen molar-refractivity contribution >= 4 is 111 Å². The first-order valence-corrected chi connectivity index (χ1v) is 20.5. The molecule has 0 radical (unpaired) electrons. The molecule has 0 fully saturated rings. The fourth-order valence-corrected chi connectivity index (χ4v) is 9.17. The first-order valence-electron chi connectivity index (χ1n) is 18.5. The summed E-state index contributed by atoms with van der Waals surface area (Å²) in [4.78, 5) is 0. The lowest BCUT2D eigenvalue weighted by atomic mass is 9.93. The van der Waals surface area contributed by atoms with E-state index in [2.05, 4.69) is 170 Å². The van der Waals surface area contributed by atoms with E-state index in [1.807, 2.05) is 11.3 Å². The minimum absolute atomic E-state index is 0.398. The smallest absolute Gasteiger partial charge is 0.143 e. The minimum Gasteiger partial charge on any atom is -0.455 e. The highest BCUT2D eigenvalue weighted by molar-refractivity contribution is 14.1. The third kappa shape index (κ3) is 7.03. The van der Waals surface area contributed by atoms with Gasteiger partial charge in [-0.05, 0) is 77.4 Å². The molecule has 8 aromatic rings. The molecule has 6 aromatic carbocycles. The number of hydrogen-bond donors (Lipinski definition) is 0. The summed E-state index contributed by atoms with van der Waals surface area (Å²) in [7, 11) is 0. The van der Waals surface area contributed by atoms with Crippen LogP contribution in [-0.2, 0) is 6.42 Å². The standard InChI is InChI=1S/C48H43IOS/c1-3-4-5-6-7-10-19-35-22-26-40-42-30-37(23-20-33-15-11-8-12-16-33)45-46(48(42)51-44(40)28-35)38(24-21-34-17-13-9-14-18-34)29-41-39-27-25-36(32(2)49)31-43(39)50-47(41)45/h8-9,11-18,20-32H,3-7,10,19H2,1-2H3/b23-20+,24-21+. The number of fused-ring (bicyclic) bond motifs is 9. The second-order valence-electron chi connectivity index (χ2n) is 13.8. The van der Waals surface area contributed by atoms with Crippen LogP contribution in [0.1, 0.15) is 89.7 Å². The molecule has 0 saturated carbocycles. The van der Waals surface area contributed by atoms with E-state index in [1.165, 1.54) is 103 Å². The van der Waals surface area contributed by atoms with Crippen LogP contribution in [0.4, 0.5) is 0 Å². The highest BCUT2D eigenvalue weighted by Crippen LogP contribution is 2.47. The van der Waals surface area contributed by atoms with E-state index < -0.39 is 0 Å². The van der Waals surface area contributed by atoms with Crippen LogP contribution < -0.4 is 0 Å². The Hall–Kier alpha value is -4.19. The van der Waals surface area contributed by atoms with Crippen LogP contribution in [0, 0.1) is 0 Å². The van der Waals surface area contributed by atoms with Crippen LogP contribution in [0.25, 0.3) is 77.2 Å². The predicted molar refractivity (Wildman–Crippen MR) is 234 cm³/mol. The van der Waals surface area contributed by atoms with Crippen molar-refractivity contribution in [2.45, 2.75) is 62.7 Å². The Kier molecular flexibility index (Phi) is 10.1. The van der Waals surface area contributed by atoms with E-state index in [4.69, 9.17) is 4.42 Å². The summed E-state index contributed by atoms with van der Waals surface area (Å²) in [6, 6.07) is 40.0. The van der Waals surface area contributed by atoms with Crippen molar-refractivity contribution in [1.29, 1.82) is 0 Å². The van der Waals surface area contributed by atoms with Gasteiger partial charge >= 0.3 is 0 Å². The summed E-state index contributed by atoms with van der Waals surface area (Å²) in [6.45, 7) is 4.52. The predicted octanol–water partition coefficient (Wildman–Crippen LogP) is 15.8. The number of thiophene rings is 1. The Labute approximate surface area is 318 Å². The second kappa shape index (κ2) is 15.2. The van der Waals surface area contributed by atoms with Crippen LogP contribution in [0.15, 0.2) is 114 Å². The van der Waals surface area contributed by atoms with Gasteiger partial charge in [-0.3, -0.25) is 0 Å². The van der Waals surface area contributed by atoms with Gasteiger partial charge in [-0.1, -0.05) is 171 Å². The minimum atomic E-state index is 0.398. The molecule has 0 aliphatic rings. The molecule has 1 nitrogen and oxygen atoms in total. The molecular weight excluding hydrogens is 751 g/mol. The largest absolute Gasteiger partial charge is 0.455 e. The summed E-state index contributed by atoms with van der Waals surface area (Å²) < 4.78 is 10.0. The number of unbranched alkanes of at least 4 members (excludes halogenated alkanes) is 5. The van der Waals surface area contributed by atoms with Crippen molar-refractivity contribution in [2.75, 3.05) is 0 Å². The lowest BCUT2D eigenvalue weighted by molar-refractivity contribution is 0.607. The zero-order valence-electron chi connectivity index (χ0n) is 29.4. The molecule has 51 heavy (non-hydrogen) atoms. The van der Waals surface area contributed by atoms with Gasteiger partial charge in [-0.15, -0.1) is 11.3 Å². The first-order chi connectivity index (χ1) is 25.1. The summed E-state index contributed by atoms with van der Waals surface area (Å²) >= 11 is 4.43. The molecule has 254 valence electrons. The molecule has 0 saturated heterocycles. The third-order valence-corrected chi connectivity index (χ3v) is 12.1. The van der Waals surface area contributed by atoms with E-state index in [-0.39, 0.29) is 0 Å². The topological polar surface area (TPSA) is 13.1 Å². The highest BCUT2D eigenvalue weighted by atomic mass is 127. The summed E-state index contributed by atoms with van der Waals surface area (Å²) in [5, 5.41) is 7.41. The van der Waals surface area contributed by atoms with Gasteiger partial charge in [-0.2, -0.15) is 0 Å². The Morgan fingerprint density at radius 1 is 0.627 bits per heavy atom. The third-order valence-electron chi connectivity index (χ3n) is 10.2. The van der Waals surface area contributed by atoms with Crippen LogP contribution >= 0.6 is 33.9 Å². The average Bonchev–Trinajstić information content (AvgIpc) is 3.72. The van der Waals surface area contributed by atoms with Gasteiger partial charge in [0.15, 0.2) is 0 Å². The van der Waals surface area contributed by atoms with Crippen molar-refractivity contribution in [1.82, 2.24) is 0 Å². The van der Waals surface area contributed by atoms with E-state index in [9.17, 15) is 0 Å². The number of rotatable bonds is 12. The quantitative estimate of drug-likeness (QED) is 0.0520. The molecule has 2 aromatic heterocycles. The normalized spacial score (nSPS) is 12.9. The molecule has 2 heterocycles. The maximum atomic E-state index is 6.93. The zero-order valence-corrected chi connectivity index (χ0v) is 32.4. The Morgan fingerprint density at radius 2 is 1.27 bits per heavy atom. The number of hydrogen-bond acceptors (Lipinski definition) is 2. The van der Waals surface area contributed by atoms with Gasteiger partial charge in [0.2, 0.25) is 0 Å². The van der Waals surface area contributed by atoms with Crippen molar-refractivity contribution in [3.8, 4) is 0 Å². The Bertz CT molecular complexity index is 2480.